The van der Waals surface area contributed by atoms with Crippen LogP contribution >= 0.6 is 0 Å². The molecule has 72 valence electrons. The molecule has 0 bridgehead atoms. The number of rotatable bonds is 3. The molecule has 0 aliphatic rings. The number of aromatic nitrogens is 3. The third-order valence-electron chi connectivity index (χ3n) is 1.67. The maximum atomic E-state index is 4.97. The molecule has 5 nitrogen and oxygen atoms in total. The largest absolute Gasteiger partial charge is 0.378 e. The van der Waals surface area contributed by atoms with Crippen LogP contribution < -0.4 is 0 Å². The quantitative estimate of drug-likeness (QED) is 0.731. The van der Waals surface area contributed by atoms with Crippen molar-refractivity contribution in [3.8, 4) is 11.5 Å². The van der Waals surface area contributed by atoms with E-state index in [-0.39, 0.29) is 0 Å². The Kier molecular flexibility index (Phi) is 2.51. The van der Waals surface area contributed by atoms with E-state index in [4.69, 9.17) is 9.26 Å². The fraction of sp³-hybridized carbons (Fsp3) is 0.222. The van der Waals surface area contributed by atoms with Gasteiger partial charge in [-0.15, -0.1) is 0 Å². The van der Waals surface area contributed by atoms with Gasteiger partial charge in [0.25, 0.3) is 0 Å². The van der Waals surface area contributed by atoms with Crippen LogP contribution in [0.2, 0.25) is 0 Å². The first kappa shape index (κ1) is 8.83. The first-order chi connectivity index (χ1) is 6.90. The van der Waals surface area contributed by atoms with Gasteiger partial charge in [-0.2, -0.15) is 0 Å². The van der Waals surface area contributed by atoms with Crippen LogP contribution in [0, 0.1) is 0 Å². The summed E-state index contributed by atoms with van der Waals surface area (Å²) in [6.45, 7) is 0.466. The smallest absolute Gasteiger partial charge is 0.182 e. The minimum atomic E-state index is 0.466. The van der Waals surface area contributed by atoms with Gasteiger partial charge in [0.1, 0.15) is 6.26 Å². The number of methoxy groups -OCH3 is 1. The van der Waals surface area contributed by atoms with E-state index in [1.807, 2.05) is 0 Å². The average Bonchev–Trinajstić information content (AvgIpc) is 2.71. The van der Waals surface area contributed by atoms with E-state index in [1.165, 1.54) is 6.26 Å². The Morgan fingerprint density at radius 3 is 3.07 bits per heavy atom. The summed E-state index contributed by atoms with van der Waals surface area (Å²) < 4.78 is 9.67. The van der Waals surface area contributed by atoms with Crippen LogP contribution in [-0.2, 0) is 11.3 Å². The molecule has 2 rings (SSSR count). The van der Waals surface area contributed by atoms with E-state index in [0.717, 1.165) is 5.69 Å². The Labute approximate surface area is 80.7 Å². The van der Waals surface area contributed by atoms with Crippen molar-refractivity contribution < 1.29 is 9.26 Å². The molecule has 0 saturated heterocycles. The van der Waals surface area contributed by atoms with Crippen molar-refractivity contribution in [2.24, 2.45) is 0 Å². The van der Waals surface area contributed by atoms with E-state index >= 15 is 0 Å². The number of hydrogen-bond acceptors (Lipinski definition) is 5. The molecule has 0 unspecified atom stereocenters. The van der Waals surface area contributed by atoms with Gasteiger partial charge in [0.05, 0.1) is 12.3 Å². The lowest BCUT2D eigenvalue weighted by Crippen LogP contribution is -1.96. The van der Waals surface area contributed by atoms with Gasteiger partial charge >= 0.3 is 0 Å². The highest BCUT2D eigenvalue weighted by atomic mass is 16.5. The van der Waals surface area contributed by atoms with E-state index in [9.17, 15) is 0 Å². The van der Waals surface area contributed by atoms with Crippen LogP contribution in [-0.4, -0.2) is 22.2 Å². The lowest BCUT2D eigenvalue weighted by Gasteiger charge is -1.99. The number of ether oxygens (including phenoxy) is 1. The van der Waals surface area contributed by atoms with Crippen molar-refractivity contribution in [1.82, 2.24) is 15.1 Å². The van der Waals surface area contributed by atoms with Crippen LogP contribution in [0.4, 0.5) is 0 Å². The zero-order chi connectivity index (χ0) is 9.80. The highest BCUT2D eigenvalue weighted by Gasteiger charge is 2.04. The maximum absolute atomic E-state index is 4.97. The van der Waals surface area contributed by atoms with E-state index in [0.29, 0.717) is 18.1 Å². The normalized spacial score (nSPS) is 10.4. The minimum Gasteiger partial charge on any atom is -0.378 e. The standard InChI is InChI=1S/C9H9N3O2/c1-13-6-7-2-4-10-9(11-7)8-3-5-14-12-8/h2-5H,6H2,1H3. The zero-order valence-corrected chi connectivity index (χ0v) is 7.67. The van der Waals surface area contributed by atoms with Gasteiger partial charge in [0, 0.05) is 19.4 Å². The number of nitrogens with zero attached hydrogens (tertiary/aromatic N) is 3. The second-order valence-corrected chi connectivity index (χ2v) is 2.69. The molecule has 0 spiro atoms. The predicted molar refractivity (Wildman–Crippen MR) is 48.2 cm³/mol. The fourth-order valence-electron chi connectivity index (χ4n) is 1.08. The zero-order valence-electron chi connectivity index (χ0n) is 7.67. The van der Waals surface area contributed by atoms with Crippen LogP contribution in [0.25, 0.3) is 11.5 Å². The second-order valence-electron chi connectivity index (χ2n) is 2.69. The molecule has 0 fully saturated rings. The molecule has 5 heteroatoms. The van der Waals surface area contributed by atoms with Gasteiger partial charge < -0.3 is 9.26 Å². The Morgan fingerprint density at radius 2 is 2.36 bits per heavy atom. The molecule has 0 aliphatic heterocycles. The molecule has 0 atom stereocenters. The van der Waals surface area contributed by atoms with Crippen LogP contribution in [0.5, 0.6) is 0 Å². The lowest BCUT2D eigenvalue weighted by molar-refractivity contribution is 0.181. The topological polar surface area (TPSA) is 61.0 Å². The van der Waals surface area contributed by atoms with Gasteiger partial charge in [-0.1, -0.05) is 5.16 Å². The van der Waals surface area contributed by atoms with E-state index < -0.39 is 0 Å². The lowest BCUT2D eigenvalue weighted by atomic mass is 10.3. The Morgan fingerprint density at radius 1 is 1.43 bits per heavy atom. The molecule has 0 amide bonds. The monoisotopic (exact) mass is 191 g/mol. The van der Waals surface area contributed by atoms with Crippen molar-refractivity contribution in [3.05, 3.63) is 30.3 Å². The van der Waals surface area contributed by atoms with E-state index in [2.05, 4.69) is 15.1 Å². The Hall–Kier alpha value is -1.75. The van der Waals surface area contributed by atoms with Crippen LogP contribution in [0.15, 0.2) is 29.1 Å². The molecule has 0 saturated carbocycles. The summed E-state index contributed by atoms with van der Waals surface area (Å²) in [7, 11) is 1.62. The fourth-order valence-corrected chi connectivity index (χ4v) is 1.08. The summed E-state index contributed by atoms with van der Waals surface area (Å²) in [6, 6.07) is 3.51. The molecule has 2 aromatic heterocycles. The first-order valence-electron chi connectivity index (χ1n) is 4.12. The first-order valence-corrected chi connectivity index (χ1v) is 4.12. The van der Waals surface area contributed by atoms with Gasteiger partial charge in [-0.05, 0) is 6.07 Å². The summed E-state index contributed by atoms with van der Waals surface area (Å²) in [6.07, 6.45) is 3.16. The second kappa shape index (κ2) is 3.97. The molecule has 0 radical (unpaired) electrons. The predicted octanol–water partition coefficient (Wildman–Crippen LogP) is 1.28. The van der Waals surface area contributed by atoms with Crippen molar-refractivity contribution >= 4 is 0 Å². The molecule has 2 aromatic rings. The maximum Gasteiger partial charge on any atom is 0.182 e. The van der Waals surface area contributed by atoms with E-state index in [1.54, 1.807) is 25.4 Å². The number of hydrogen-bond donors (Lipinski definition) is 0. The Balaban J connectivity index is 2.31. The average molecular weight is 191 g/mol. The third-order valence-corrected chi connectivity index (χ3v) is 1.67. The molecular weight excluding hydrogens is 182 g/mol. The van der Waals surface area contributed by atoms with Crippen molar-refractivity contribution in [2.45, 2.75) is 6.61 Å². The summed E-state index contributed by atoms with van der Waals surface area (Å²) in [5.41, 5.74) is 1.45. The minimum absolute atomic E-state index is 0.466. The van der Waals surface area contributed by atoms with Gasteiger partial charge in [-0.3, -0.25) is 0 Å². The Bertz CT molecular complexity index is 400. The van der Waals surface area contributed by atoms with Crippen molar-refractivity contribution in [2.75, 3.05) is 7.11 Å². The summed E-state index contributed by atoms with van der Waals surface area (Å²) in [4.78, 5) is 8.32. The highest BCUT2D eigenvalue weighted by molar-refractivity contribution is 5.46. The molecule has 0 N–H and O–H groups in total. The summed E-state index contributed by atoms with van der Waals surface area (Å²) in [5.74, 6) is 0.549. The third kappa shape index (κ3) is 1.77. The van der Waals surface area contributed by atoms with Crippen LogP contribution in [0.3, 0.4) is 0 Å². The molecule has 2 heterocycles. The molecule has 0 aliphatic carbocycles. The summed E-state index contributed by atoms with van der Waals surface area (Å²) in [5, 5.41) is 3.75. The molecule has 0 aromatic carbocycles. The van der Waals surface area contributed by atoms with Crippen molar-refractivity contribution in [1.29, 1.82) is 0 Å². The van der Waals surface area contributed by atoms with Crippen molar-refractivity contribution in [3.63, 3.8) is 0 Å². The highest BCUT2D eigenvalue weighted by Crippen LogP contribution is 2.11. The van der Waals surface area contributed by atoms with Gasteiger partial charge in [0.2, 0.25) is 0 Å². The van der Waals surface area contributed by atoms with Gasteiger partial charge in [-0.25, -0.2) is 9.97 Å². The molecular formula is C9H9N3O2. The van der Waals surface area contributed by atoms with Crippen LogP contribution in [0.1, 0.15) is 5.69 Å². The SMILES string of the molecule is COCc1ccnc(-c2ccon2)n1. The summed E-state index contributed by atoms with van der Waals surface area (Å²) >= 11 is 0. The molecule has 14 heavy (non-hydrogen) atoms. The van der Waals surface area contributed by atoms with Gasteiger partial charge in [0.15, 0.2) is 11.5 Å².